The van der Waals surface area contributed by atoms with Crippen LogP contribution >= 0.6 is 11.6 Å². The number of aryl methyl sites for hydroxylation is 2. The predicted molar refractivity (Wildman–Crippen MR) is 101 cm³/mol. The highest BCUT2D eigenvalue weighted by Crippen LogP contribution is 2.30. The Morgan fingerprint density at radius 1 is 1.24 bits per heavy atom. The number of rotatable bonds is 4. The molecule has 0 spiro atoms. The number of benzene rings is 1. The number of aromatic nitrogens is 4. The highest BCUT2D eigenvalue weighted by Gasteiger charge is 2.27. The molecule has 0 aliphatic carbocycles. The van der Waals surface area contributed by atoms with Gasteiger partial charge < -0.3 is 4.57 Å². The van der Waals surface area contributed by atoms with Crippen molar-refractivity contribution in [3.05, 3.63) is 47.4 Å². The molecule has 0 amide bonds. The third-order valence-corrected chi connectivity index (χ3v) is 5.36. The number of imidazole rings is 1. The minimum Gasteiger partial charge on any atom is -0.307 e. The van der Waals surface area contributed by atoms with Crippen molar-refractivity contribution in [1.29, 1.82) is 0 Å². The van der Waals surface area contributed by atoms with Crippen molar-refractivity contribution in [3.8, 4) is 0 Å². The van der Waals surface area contributed by atoms with Gasteiger partial charge >= 0.3 is 0 Å². The van der Waals surface area contributed by atoms with Crippen LogP contribution in [-0.4, -0.2) is 37.3 Å². The van der Waals surface area contributed by atoms with E-state index >= 15 is 0 Å². The molecule has 2 aromatic heterocycles. The lowest BCUT2D eigenvalue weighted by molar-refractivity contribution is 0.170. The highest BCUT2D eigenvalue weighted by atomic mass is 35.5. The molecule has 1 atom stereocenters. The summed E-state index contributed by atoms with van der Waals surface area (Å²) in [7, 11) is 2.00. The largest absolute Gasteiger partial charge is 0.307 e. The van der Waals surface area contributed by atoms with Crippen molar-refractivity contribution in [2.24, 2.45) is 7.05 Å². The molecule has 0 N–H and O–H groups in total. The molecule has 0 saturated carbocycles. The Morgan fingerprint density at radius 3 is 2.80 bits per heavy atom. The summed E-state index contributed by atoms with van der Waals surface area (Å²) in [6, 6.07) is 11.1. The summed E-state index contributed by atoms with van der Waals surface area (Å²) in [5.74, 6) is 1.39. The Kier molecular flexibility index (Phi) is 4.52. The maximum atomic E-state index is 6.22. The minimum absolute atomic E-state index is 0.394. The van der Waals surface area contributed by atoms with Crippen LogP contribution in [0, 0.1) is 6.92 Å². The molecule has 4 rings (SSSR count). The third kappa shape index (κ3) is 3.07. The van der Waals surface area contributed by atoms with Gasteiger partial charge in [0.1, 0.15) is 11.3 Å². The van der Waals surface area contributed by atoms with Gasteiger partial charge in [-0.3, -0.25) is 9.58 Å². The van der Waals surface area contributed by atoms with Crippen LogP contribution in [0.3, 0.4) is 0 Å². The fraction of sp³-hybridized carbons (Fsp3) is 0.474. The molecular formula is C19H24ClN5. The normalized spacial score (nSPS) is 18.9. The average molecular weight is 358 g/mol. The van der Waals surface area contributed by atoms with Gasteiger partial charge in [0.05, 0.1) is 11.6 Å². The Balaban J connectivity index is 1.64. The van der Waals surface area contributed by atoms with Gasteiger partial charge in [0.25, 0.3) is 0 Å². The zero-order valence-corrected chi connectivity index (χ0v) is 15.6. The third-order valence-electron chi connectivity index (χ3n) is 5.12. The molecule has 0 bridgehead atoms. The topological polar surface area (TPSA) is 38.9 Å². The van der Waals surface area contributed by atoms with E-state index in [0.717, 1.165) is 48.7 Å². The molecule has 1 aromatic carbocycles. The maximum Gasteiger partial charge on any atom is 0.159 e. The van der Waals surface area contributed by atoms with Crippen LogP contribution in [0.2, 0.25) is 0 Å². The molecule has 3 heterocycles. The lowest BCUT2D eigenvalue weighted by Crippen LogP contribution is -2.36. The number of likely N-dealkylation sites (tertiary alicyclic amines) is 1. The van der Waals surface area contributed by atoms with Crippen molar-refractivity contribution in [2.75, 3.05) is 13.1 Å². The predicted octanol–water partition coefficient (Wildman–Crippen LogP) is 3.65. The van der Waals surface area contributed by atoms with E-state index in [9.17, 15) is 0 Å². The summed E-state index contributed by atoms with van der Waals surface area (Å²) in [5, 5.41) is 4.54. The van der Waals surface area contributed by atoms with Crippen LogP contribution < -0.4 is 0 Å². The van der Waals surface area contributed by atoms with Crippen molar-refractivity contribution in [3.63, 3.8) is 0 Å². The zero-order chi connectivity index (χ0) is 17.4. The van der Waals surface area contributed by atoms with Gasteiger partial charge in [-0.05, 0) is 31.9 Å². The molecule has 6 heteroatoms. The molecule has 1 aliphatic heterocycles. The monoisotopic (exact) mass is 357 g/mol. The van der Waals surface area contributed by atoms with Gasteiger partial charge in [-0.25, -0.2) is 4.98 Å². The molecule has 25 heavy (non-hydrogen) atoms. The van der Waals surface area contributed by atoms with E-state index in [1.807, 2.05) is 18.7 Å². The summed E-state index contributed by atoms with van der Waals surface area (Å²) in [5.41, 5.74) is 4.42. The molecule has 5 nitrogen and oxygen atoms in total. The lowest BCUT2D eigenvalue weighted by Gasteiger charge is -2.34. The van der Waals surface area contributed by atoms with Crippen LogP contribution in [0.15, 0.2) is 30.3 Å². The molecule has 1 aliphatic rings. The summed E-state index contributed by atoms with van der Waals surface area (Å²) in [4.78, 5) is 7.30. The first-order chi connectivity index (χ1) is 12.2. The zero-order valence-electron chi connectivity index (χ0n) is 14.8. The van der Waals surface area contributed by atoms with E-state index < -0.39 is 0 Å². The fourth-order valence-corrected chi connectivity index (χ4v) is 4.23. The van der Waals surface area contributed by atoms with Gasteiger partial charge in [0.15, 0.2) is 5.65 Å². The van der Waals surface area contributed by atoms with Crippen LogP contribution in [0.1, 0.15) is 36.0 Å². The standard InChI is InChI=1S/C19H24ClN5/c1-14-18-19(23(2)22-14)25(17(11-20)21-18)16-9-6-10-24(13-16)12-15-7-4-3-5-8-15/h3-5,7-8,16H,6,9-13H2,1-2H3. The van der Waals surface area contributed by atoms with E-state index in [1.54, 1.807) is 0 Å². The van der Waals surface area contributed by atoms with Gasteiger partial charge in [-0.1, -0.05) is 30.3 Å². The number of halogens is 1. The van der Waals surface area contributed by atoms with Crippen molar-refractivity contribution < 1.29 is 0 Å². The second-order valence-corrected chi connectivity index (χ2v) is 7.20. The summed E-state index contributed by atoms with van der Waals surface area (Å²) in [6.07, 6.45) is 2.35. The number of alkyl halides is 1. The Labute approximate surface area is 153 Å². The van der Waals surface area contributed by atoms with Crippen molar-refractivity contribution in [2.45, 2.75) is 38.2 Å². The Hall–Kier alpha value is -1.85. The molecular weight excluding hydrogens is 334 g/mol. The molecule has 0 radical (unpaired) electrons. The van der Waals surface area contributed by atoms with Crippen molar-refractivity contribution >= 4 is 22.8 Å². The number of hydrogen-bond acceptors (Lipinski definition) is 3. The second-order valence-electron chi connectivity index (χ2n) is 6.93. The van der Waals surface area contributed by atoms with E-state index in [0.29, 0.717) is 11.9 Å². The lowest BCUT2D eigenvalue weighted by atomic mass is 10.0. The number of fused-ring (bicyclic) bond motifs is 1. The van der Waals surface area contributed by atoms with Gasteiger partial charge in [-0.15, -0.1) is 11.6 Å². The fourth-order valence-electron chi connectivity index (χ4n) is 4.05. The smallest absolute Gasteiger partial charge is 0.159 e. The number of nitrogens with zero attached hydrogens (tertiary/aromatic N) is 5. The molecule has 1 unspecified atom stereocenters. The summed E-state index contributed by atoms with van der Waals surface area (Å²) in [6.45, 7) is 5.17. The van der Waals surface area contributed by atoms with E-state index in [4.69, 9.17) is 16.6 Å². The van der Waals surface area contributed by atoms with Gasteiger partial charge in [0.2, 0.25) is 0 Å². The van der Waals surface area contributed by atoms with Crippen LogP contribution in [0.4, 0.5) is 0 Å². The SMILES string of the molecule is Cc1nn(C)c2c1nc(CCl)n2C1CCCN(Cc2ccccc2)C1. The highest BCUT2D eigenvalue weighted by molar-refractivity contribution is 6.16. The minimum atomic E-state index is 0.394. The quantitative estimate of drug-likeness (QED) is 0.669. The first kappa shape index (κ1) is 16.6. The molecule has 132 valence electrons. The average Bonchev–Trinajstić information content (AvgIpc) is 3.14. The van der Waals surface area contributed by atoms with E-state index in [1.165, 1.54) is 12.0 Å². The first-order valence-corrected chi connectivity index (χ1v) is 9.43. The molecule has 1 fully saturated rings. The second kappa shape index (κ2) is 6.81. The molecule has 1 saturated heterocycles. The van der Waals surface area contributed by atoms with Crippen LogP contribution in [0.25, 0.3) is 11.2 Å². The Bertz CT molecular complexity index is 867. The Morgan fingerprint density at radius 2 is 2.04 bits per heavy atom. The van der Waals surface area contributed by atoms with Crippen molar-refractivity contribution in [1.82, 2.24) is 24.2 Å². The van der Waals surface area contributed by atoms with Gasteiger partial charge in [0, 0.05) is 26.2 Å². The number of piperidine rings is 1. The number of hydrogen-bond donors (Lipinski definition) is 0. The van der Waals surface area contributed by atoms with Gasteiger partial charge in [-0.2, -0.15) is 5.10 Å². The molecule has 3 aromatic rings. The first-order valence-electron chi connectivity index (χ1n) is 8.90. The summed E-state index contributed by atoms with van der Waals surface area (Å²) < 4.78 is 4.28. The maximum absolute atomic E-state index is 6.22. The van der Waals surface area contributed by atoms with E-state index in [2.05, 4.69) is 44.9 Å². The summed E-state index contributed by atoms with van der Waals surface area (Å²) >= 11 is 6.22. The van der Waals surface area contributed by atoms with E-state index in [-0.39, 0.29) is 0 Å². The van der Waals surface area contributed by atoms with Crippen LogP contribution in [0.5, 0.6) is 0 Å². The van der Waals surface area contributed by atoms with Crippen LogP contribution in [-0.2, 0) is 19.5 Å².